The lowest BCUT2D eigenvalue weighted by Crippen LogP contribution is -1.97. The molecule has 9 heteroatoms. The summed E-state index contributed by atoms with van der Waals surface area (Å²) in [6.07, 6.45) is 0. The molecule has 0 aliphatic carbocycles. The lowest BCUT2D eigenvalue weighted by atomic mass is 10.1. The summed E-state index contributed by atoms with van der Waals surface area (Å²) in [6, 6.07) is 3.68. The van der Waals surface area contributed by atoms with E-state index >= 15 is 0 Å². The van der Waals surface area contributed by atoms with Gasteiger partial charge in [0.15, 0.2) is 18.1 Å². The molecule has 0 bridgehead atoms. The van der Waals surface area contributed by atoms with Gasteiger partial charge in [-0.05, 0) is 47.4 Å². The zero-order valence-corrected chi connectivity index (χ0v) is 12.6. The van der Waals surface area contributed by atoms with E-state index in [4.69, 9.17) is 26.6 Å². The van der Waals surface area contributed by atoms with Crippen LogP contribution in [0.4, 0.5) is 5.82 Å². The number of hydrogen-bond acceptors (Lipinski definition) is 8. The van der Waals surface area contributed by atoms with Gasteiger partial charge in [0.2, 0.25) is 5.82 Å². The van der Waals surface area contributed by atoms with Crippen LogP contribution < -0.4 is 10.5 Å². The molecule has 0 saturated heterocycles. The number of aryl methyl sites for hydroxylation is 2. The summed E-state index contributed by atoms with van der Waals surface area (Å²) in [5.74, 6) is 1.24. The highest BCUT2D eigenvalue weighted by Crippen LogP contribution is 2.26. The molecule has 22 heavy (non-hydrogen) atoms. The molecule has 0 amide bonds. The second-order valence-corrected chi connectivity index (χ2v) is 5.05. The molecule has 1 aromatic carbocycles. The van der Waals surface area contributed by atoms with Crippen molar-refractivity contribution in [3.8, 4) is 17.3 Å². The molecular formula is C13H12ClN5O3. The van der Waals surface area contributed by atoms with Gasteiger partial charge in [-0.2, -0.15) is 4.98 Å². The Hall–Kier alpha value is -2.61. The lowest BCUT2D eigenvalue weighted by molar-refractivity contribution is 0.242. The highest BCUT2D eigenvalue weighted by atomic mass is 35.5. The number of nitrogens with two attached hydrogens (primary N) is 1. The van der Waals surface area contributed by atoms with Gasteiger partial charge in [0.1, 0.15) is 5.75 Å². The van der Waals surface area contributed by atoms with Gasteiger partial charge in [-0.3, -0.25) is 0 Å². The van der Waals surface area contributed by atoms with Crippen LogP contribution >= 0.6 is 11.6 Å². The summed E-state index contributed by atoms with van der Waals surface area (Å²) in [5.41, 5.74) is 7.66. The van der Waals surface area contributed by atoms with E-state index in [1.54, 1.807) is 0 Å². The molecule has 8 nitrogen and oxygen atoms in total. The van der Waals surface area contributed by atoms with Crippen molar-refractivity contribution < 1.29 is 13.9 Å². The summed E-state index contributed by atoms with van der Waals surface area (Å²) in [7, 11) is 0. The molecule has 3 rings (SSSR count). The third-order valence-corrected chi connectivity index (χ3v) is 3.56. The molecule has 114 valence electrons. The topological polar surface area (TPSA) is 113 Å². The lowest BCUT2D eigenvalue weighted by Gasteiger charge is -2.08. The van der Waals surface area contributed by atoms with Gasteiger partial charge in [0.05, 0.1) is 0 Å². The summed E-state index contributed by atoms with van der Waals surface area (Å²) in [4.78, 5) is 4.12. The highest BCUT2D eigenvalue weighted by Gasteiger charge is 2.16. The Kier molecular flexibility index (Phi) is 3.68. The van der Waals surface area contributed by atoms with E-state index in [-0.39, 0.29) is 29.8 Å². The molecule has 2 aromatic heterocycles. The minimum absolute atomic E-state index is 0.0946. The molecule has 0 saturated carbocycles. The number of rotatable bonds is 4. The van der Waals surface area contributed by atoms with E-state index in [2.05, 4.69) is 25.1 Å². The number of aromatic nitrogens is 4. The minimum atomic E-state index is 0.0946. The van der Waals surface area contributed by atoms with Crippen LogP contribution in [0.15, 0.2) is 21.3 Å². The zero-order valence-electron chi connectivity index (χ0n) is 11.8. The maximum atomic E-state index is 6.11. The fourth-order valence-corrected chi connectivity index (χ4v) is 2.00. The molecule has 0 fully saturated rings. The normalized spacial score (nSPS) is 10.9. The van der Waals surface area contributed by atoms with Gasteiger partial charge in [-0.25, -0.2) is 4.63 Å². The first-order chi connectivity index (χ1) is 10.5. The second-order valence-electron chi connectivity index (χ2n) is 4.67. The third-order valence-electron chi connectivity index (χ3n) is 2.97. The molecule has 2 heterocycles. The number of halogens is 1. The van der Waals surface area contributed by atoms with Crippen LogP contribution in [0.5, 0.6) is 5.75 Å². The van der Waals surface area contributed by atoms with Gasteiger partial charge in [-0.15, -0.1) is 0 Å². The third kappa shape index (κ3) is 2.73. The molecule has 0 aliphatic rings. The van der Waals surface area contributed by atoms with Crippen molar-refractivity contribution in [1.29, 1.82) is 0 Å². The summed E-state index contributed by atoms with van der Waals surface area (Å²) >= 11 is 6.11. The molecule has 0 spiro atoms. The van der Waals surface area contributed by atoms with Crippen molar-refractivity contribution >= 4 is 17.4 Å². The smallest absolute Gasteiger partial charge is 0.264 e. The largest absolute Gasteiger partial charge is 0.484 e. The van der Waals surface area contributed by atoms with Crippen LogP contribution in [0.25, 0.3) is 11.5 Å². The molecule has 3 aromatic rings. The van der Waals surface area contributed by atoms with Crippen LogP contribution in [-0.4, -0.2) is 20.5 Å². The van der Waals surface area contributed by atoms with Gasteiger partial charge in [0.25, 0.3) is 5.89 Å². The fourth-order valence-electron chi connectivity index (χ4n) is 1.89. The molecule has 0 atom stereocenters. The van der Waals surface area contributed by atoms with Crippen LogP contribution in [0.2, 0.25) is 5.02 Å². The van der Waals surface area contributed by atoms with Crippen LogP contribution in [-0.2, 0) is 6.61 Å². The van der Waals surface area contributed by atoms with E-state index in [0.29, 0.717) is 5.75 Å². The maximum Gasteiger partial charge on any atom is 0.264 e. The predicted octanol–water partition coefficient (Wildman–Crippen LogP) is 2.55. The highest BCUT2D eigenvalue weighted by molar-refractivity contribution is 6.32. The van der Waals surface area contributed by atoms with Crippen LogP contribution in [0.3, 0.4) is 0 Å². The average molecular weight is 322 g/mol. The van der Waals surface area contributed by atoms with Crippen LogP contribution in [0.1, 0.15) is 17.0 Å². The van der Waals surface area contributed by atoms with Crippen molar-refractivity contribution in [2.45, 2.75) is 20.5 Å². The van der Waals surface area contributed by atoms with E-state index in [1.807, 2.05) is 26.0 Å². The molecule has 0 radical (unpaired) electrons. The van der Waals surface area contributed by atoms with E-state index in [1.165, 1.54) is 0 Å². The van der Waals surface area contributed by atoms with Gasteiger partial charge < -0.3 is 15.0 Å². The van der Waals surface area contributed by atoms with Crippen molar-refractivity contribution in [3.05, 3.63) is 34.2 Å². The Bertz CT molecular complexity index is 791. The molecule has 0 aliphatic heterocycles. The Labute approximate surface area is 130 Å². The van der Waals surface area contributed by atoms with Gasteiger partial charge in [-0.1, -0.05) is 16.8 Å². The second kappa shape index (κ2) is 5.64. The summed E-state index contributed by atoms with van der Waals surface area (Å²) < 4.78 is 15.2. The first kappa shape index (κ1) is 14.3. The number of ether oxygens (including phenoxy) is 1. The minimum Gasteiger partial charge on any atom is -0.484 e. The van der Waals surface area contributed by atoms with Crippen molar-refractivity contribution in [2.75, 3.05) is 5.73 Å². The van der Waals surface area contributed by atoms with E-state index in [9.17, 15) is 0 Å². The van der Waals surface area contributed by atoms with E-state index < -0.39 is 0 Å². The SMILES string of the molecule is Cc1cc(OCc2nc(-c3nonc3N)no2)cc(C)c1Cl. The van der Waals surface area contributed by atoms with Crippen LogP contribution in [0, 0.1) is 13.8 Å². The summed E-state index contributed by atoms with van der Waals surface area (Å²) in [5, 5.41) is 11.5. The molecule has 0 unspecified atom stereocenters. The molecular weight excluding hydrogens is 310 g/mol. The standard InChI is InChI=1S/C13H12ClN5O3/c1-6-3-8(4-7(2)10(6)14)20-5-9-16-13(19-21-9)11-12(15)18-22-17-11/h3-4H,5H2,1-2H3,(H2,15,18). The summed E-state index contributed by atoms with van der Waals surface area (Å²) in [6.45, 7) is 3.93. The van der Waals surface area contributed by atoms with Gasteiger partial charge >= 0.3 is 0 Å². The quantitative estimate of drug-likeness (QED) is 0.779. The Morgan fingerprint density at radius 3 is 2.55 bits per heavy atom. The maximum absolute atomic E-state index is 6.11. The monoisotopic (exact) mass is 321 g/mol. The van der Waals surface area contributed by atoms with Crippen molar-refractivity contribution in [3.63, 3.8) is 0 Å². The first-order valence-corrected chi connectivity index (χ1v) is 6.73. The van der Waals surface area contributed by atoms with E-state index in [0.717, 1.165) is 16.1 Å². The average Bonchev–Trinajstić information content (AvgIpc) is 3.10. The van der Waals surface area contributed by atoms with Crippen molar-refractivity contribution in [1.82, 2.24) is 20.5 Å². The predicted molar refractivity (Wildman–Crippen MR) is 77.3 cm³/mol. The fraction of sp³-hybridized carbons (Fsp3) is 0.231. The van der Waals surface area contributed by atoms with Gasteiger partial charge in [0, 0.05) is 5.02 Å². The molecule has 2 N–H and O–H groups in total. The first-order valence-electron chi connectivity index (χ1n) is 6.35. The number of anilines is 1. The zero-order chi connectivity index (χ0) is 15.7. The number of benzene rings is 1. The number of hydrogen-bond donors (Lipinski definition) is 1. The van der Waals surface area contributed by atoms with Crippen molar-refractivity contribution in [2.24, 2.45) is 0 Å². The number of nitrogens with zero attached hydrogens (tertiary/aromatic N) is 4. The Balaban J connectivity index is 1.73. The number of nitrogen functional groups attached to an aromatic ring is 1. The Morgan fingerprint density at radius 2 is 1.91 bits per heavy atom. The Morgan fingerprint density at radius 1 is 1.18 bits per heavy atom.